The maximum absolute atomic E-state index is 9.16. The molecule has 2 aliphatic rings. The molecule has 56 heavy (non-hydrogen) atoms. The normalized spacial score (nSPS) is 15.6. The number of rotatable bonds is 8. The van der Waals surface area contributed by atoms with Crippen molar-refractivity contribution in [1.29, 1.82) is 15.9 Å². The third kappa shape index (κ3) is 7.59. The van der Waals surface area contributed by atoms with Crippen molar-refractivity contribution in [2.45, 2.75) is 50.6 Å². The van der Waals surface area contributed by atoms with E-state index in [0.717, 1.165) is 94.6 Å². The van der Waals surface area contributed by atoms with Gasteiger partial charge in [0.1, 0.15) is 5.69 Å². The minimum atomic E-state index is 0. The molecule has 0 spiro atoms. The van der Waals surface area contributed by atoms with E-state index in [1.54, 1.807) is 15.6 Å². The van der Waals surface area contributed by atoms with Crippen molar-refractivity contribution in [2.24, 2.45) is 14.1 Å². The SMILES string of the molecule is Cn1cc(-n2ncc3ccc(N[C@H]4CCCc5cc(C#N)ccc54)cc32)cn1.Cn1cc(Nc2cc(N[C@@H]3CCCc4cc(C#N)ccc43)ccc2C=N)cn1.[HH].[HH]. The number of nitrogens with one attached hydrogen (secondary N) is 4. The van der Waals surface area contributed by atoms with E-state index < -0.39 is 0 Å². The zero-order chi connectivity index (χ0) is 38.6. The molecule has 0 aliphatic heterocycles. The van der Waals surface area contributed by atoms with E-state index in [9.17, 15) is 0 Å². The van der Waals surface area contributed by atoms with Crippen molar-refractivity contribution in [2.75, 3.05) is 16.0 Å². The molecule has 7 aromatic rings. The van der Waals surface area contributed by atoms with Gasteiger partial charge in [-0.15, -0.1) is 0 Å². The van der Waals surface area contributed by atoms with Gasteiger partial charge in [-0.25, -0.2) is 4.68 Å². The monoisotopic (exact) mass is 742 g/mol. The lowest BCUT2D eigenvalue weighted by Gasteiger charge is -2.27. The van der Waals surface area contributed by atoms with Crippen LogP contribution < -0.4 is 16.0 Å². The van der Waals surface area contributed by atoms with Crippen LogP contribution in [0.3, 0.4) is 0 Å². The number of aromatic nitrogens is 6. The zero-order valence-corrected chi connectivity index (χ0v) is 31.4. The van der Waals surface area contributed by atoms with E-state index in [-0.39, 0.29) is 14.9 Å². The van der Waals surface area contributed by atoms with E-state index in [4.69, 9.17) is 15.9 Å². The summed E-state index contributed by atoms with van der Waals surface area (Å²) in [7, 11) is 3.78. The Balaban J connectivity index is 0.000000189. The van der Waals surface area contributed by atoms with Crippen LogP contribution in [0.2, 0.25) is 0 Å². The second-order valence-electron chi connectivity index (χ2n) is 14.4. The highest BCUT2D eigenvalue weighted by Gasteiger charge is 2.22. The smallest absolute Gasteiger partial charge is 0.103 e. The molecule has 3 aromatic heterocycles. The molecule has 3 heterocycles. The molecule has 0 saturated carbocycles. The van der Waals surface area contributed by atoms with Crippen LogP contribution in [0.25, 0.3) is 16.6 Å². The van der Waals surface area contributed by atoms with Crippen LogP contribution in [-0.2, 0) is 26.9 Å². The molecule has 12 nitrogen and oxygen atoms in total. The van der Waals surface area contributed by atoms with Gasteiger partial charge in [-0.2, -0.15) is 25.8 Å². The van der Waals surface area contributed by atoms with Crippen molar-refractivity contribution in [3.8, 4) is 17.8 Å². The largest absolute Gasteiger partial charge is 0.378 e. The van der Waals surface area contributed by atoms with Crippen molar-refractivity contribution in [3.05, 3.63) is 143 Å². The highest BCUT2D eigenvalue weighted by atomic mass is 15.3. The zero-order valence-electron chi connectivity index (χ0n) is 31.4. The minimum absolute atomic E-state index is 0. The Morgan fingerprint density at radius 1 is 0.714 bits per heavy atom. The Morgan fingerprint density at radius 3 is 1.93 bits per heavy atom. The summed E-state index contributed by atoms with van der Waals surface area (Å²) in [5.41, 5.74) is 13.2. The summed E-state index contributed by atoms with van der Waals surface area (Å²) in [5.74, 6) is 0. The number of hydrogen-bond donors (Lipinski definition) is 4. The fraction of sp³-hybridized carbons (Fsp3) is 0.227. The van der Waals surface area contributed by atoms with Crippen LogP contribution >= 0.6 is 0 Å². The summed E-state index contributed by atoms with van der Waals surface area (Å²) in [6.45, 7) is 0. The third-order valence-electron chi connectivity index (χ3n) is 10.6. The first-order valence-electron chi connectivity index (χ1n) is 18.8. The first kappa shape index (κ1) is 35.8. The maximum atomic E-state index is 9.16. The second kappa shape index (κ2) is 15.7. The molecule has 0 amide bonds. The predicted octanol–water partition coefficient (Wildman–Crippen LogP) is 9.13. The molecule has 0 unspecified atom stereocenters. The van der Waals surface area contributed by atoms with Crippen LogP contribution in [0.15, 0.2) is 104 Å². The fourth-order valence-corrected chi connectivity index (χ4v) is 7.82. The molecular weight excluding hydrogens is 697 g/mol. The van der Waals surface area contributed by atoms with Gasteiger partial charge in [-0.05, 0) is 121 Å². The summed E-state index contributed by atoms with van der Waals surface area (Å²) in [6, 6.07) is 29.3. The summed E-state index contributed by atoms with van der Waals surface area (Å²) < 4.78 is 5.43. The van der Waals surface area contributed by atoms with E-state index in [1.165, 1.54) is 28.5 Å². The van der Waals surface area contributed by atoms with Crippen LogP contribution in [0.4, 0.5) is 22.7 Å². The lowest BCUT2D eigenvalue weighted by molar-refractivity contribution is 0.600. The van der Waals surface area contributed by atoms with Crippen LogP contribution in [0, 0.1) is 28.1 Å². The lowest BCUT2D eigenvalue weighted by Crippen LogP contribution is -2.17. The van der Waals surface area contributed by atoms with Crippen molar-refractivity contribution < 1.29 is 2.85 Å². The van der Waals surface area contributed by atoms with Gasteiger partial charge in [0.2, 0.25) is 0 Å². The molecule has 0 fully saturated rings. The second-order valence-corrected chi connectivity index (χ2v) is 14.4. The molecule has 2 atom stereocenters. The Labute approximate surface area is 328 Å². The molecule has 4 N–H and O–H groups in total. The van der Waals surface area contributed by atoms with E-state index >= 15 is 0 Å². The molecule has 0 saturated heterocycles. The van der Waals surface area contributed by atoms with E-state index in [1.807, 2.05) is 86.0 Å². The summed E-state index contributed by atoms with van der Waals surface area (Å²) >= 11 is 0. The van der Waals surface area contributed by atoms with Crippen molar-refractivity contribution in [1.82, 2.24) is 29.3 Å². The van der Waals surface area contributed by atoms with Gasteiger partial charge in [0, 0.05) is 57.4 Å². The minimum Gasteiger partial charge on any atom is -0.378 e. The van der Waals surface area contributed by atoms with Crippen LogP contribution in [0.1, 0.15) is 79.6 Å². The number of benzene rings is 4. The topological polar surface area (TPSA) is 161 Å². The molecule has 2 aliphatic carbocycles. The number of anilines is 4. The highest BCUT2D eigenvalue weighted by molar-refractivity contribution is 5.89. The number of nitrogens with zero attached hydrogens (tertiary/aromatic N) is 8. The molecule has 12 heteroatoms. The molecular formula is C44H46N12. The Morgan fingerprint density at radius 2 is 1.34 bits per heavy atom. The average Bonchev–Trinajstić information content (AvgIpc) is 3.97. The van der Waals surface area contributed by atoms with Gasteiger partial charge < -0.3 is 21.4 Å². The first-order valence-corrected chi connectivity index (χ1v) is 18.8. The highest BCUT2D eigenvalue weighted by Crippen LogP contribution is 2.36. The fourth-order valence-electron chi connectivity index (χ4n) is 7.82. The molecule has 4 aromatic carbocycles. The molecule has 9 rings (SSSR count). The summed E-state index contributed by atoms with van der Waals surface area (Å²) in [4.78, 5) is 0. The van der Waals surface area contributed by atoms with Crippen LogP contribution in [-0.4, -0.2) is 35.6 Å². The number of nitriles is 2. The Hall–Kier alpha value is -7.18. The Bertz CT molecular complexity index is 2640. The van der Waals surface area contributed by atoms with Gasteiger partial charge >= 0.3 is 0 Å². The Kier molecular flexibility index (Phi) is 10.0. The average molecular weight is 743 g/mol. The standard InChI is InChI=1S/C22H20N6.C22H22N6.2H2/c1-27-14-19(13-24-27)28-22-10-18(7-6-17(22)12-25-28)26-21-4-2-3-16-9-15(11-23)5-8-20(16)21;1-28-14-19(13-25-28)27-22-10-18(7-6-17(22)12-24)26-21-4-2-3-16-9-15(11-23)5-8-20(16)21;;/h5-10,12-14,21,26H,2-4H2,1H3;5-10,12-14,21,24,26-27H,2-4H2,1H3;2*1H/t2*21-;;/m01../s1. The number of aryl methyl sites for hydroxylation is 4. The summed E-state index contributed by atoms with van der Waals surface area (Å²) in [5, 5.41) is 50.7. The first-order chi connectivity index (χ1) is 27.4. The van der Waals surface area contributed by atoms with Gasteiger partial charge in [-0.3, -0.25) is 9.36 Å². The van der Waals surface area contributed by atoms with Gasteiger partial charge in [0.05, 0.1) is 71.3 Å². The number of fused-ring (bicyclic) bond motifs is 3. The maximum Gasteiger partial charge on any atom is 0.103 e. The van der Waals surface area contributed by atoms with Gasteiger partial charge in [0.15, 0.2) is 0 Å². The molecule has 282 valence electrons. The van der Waals surface area contributed by atoms with Crippen molar-refractivity contribution >= 4 is 39.9 Å². The predicted molar refractivity (Wildman–Crippen MR) is 224 cm³/mol. The van der Waals surface area contributed by atoms with E-state index in [2.05, 4.69) is 73.7 Å². The lowest BCUT2D eigenvalue weighted by atomic mass is 9.86. The van der Waals surface area contributed by atoms with Crippen LogP contribution in [0.5, 0.6) is 0 Å². The number of hydrogen-bond acceptors (Lipinski definition) is 9. The van der Waals surface area contributed by atoms with Crippen molar-refractivity contribution in [3.63, 3.8) is 0 Å². The third-order valence-corrected chi connectivity index (χ3v) is 10.6. The quantitative estimate of drug-likeness (QED) is 0.112. The summed E-state index contributed by atoms with van der Waals surface area (Å²) in [6.07, 6.45) is 17.1. The molecule has 0 bridgehead atoms. The van der Waals surface area contributed by atoms with Gasteiger partial charge in [-0.1, -0.05) is 12.1 Å². The van der Waals surface area contributed by atoms with Gasteiger partial charge in [0.25, 0.3) is 0 Å². The molecule has 0 radical (unpaired) electrons. The van der Waals surface area contributed by atoms with E-state index in [0.29, 0.717) is 0 Å².